The number of nitrogens with one attached hydrogen (secondary N) is 1. The van der Waals surface area contributed by atoms with Gasteiger partial charge in [0.2, 0.25) is 0 Å². The number of alkyl halides is 3. The summed E-state index contributed by atoms with van der Waals surface area (Å²) in [6.07, 6.45) is 2.54. The van der Waals surface area contributed by atoms with E-state index in [0.717, 1.165) is 38.4 Å². The molecule has 1 saturated carbocycles. The summed E-state index contributed by atoms with van der Waals surface area (Å²) in [6.45, 7) is 1.62. The summed E-state index contributed by atoms with van der Waals surface area (Å²) < 4.78 is 38.5. The lowest BCUT2D eigenvalue weighted by molar-refractivity contribution is -0.137. The van der Waals surface area contributed by atoms with Crippen molar-refractivity contribution in [2.45, 2.75) is 50.4 Å². The molecule has 21 heavy (non-hydrogen) atoms. The van der Waals surface area contributed by atoms with E-state index in [0.29, 0.717) is 11.9 Å². The van der Waals surface area contributed by atoms with Gasteiger partial charge in [0.15, 0.2) is 0 Å². The first-order valence-corrected chi connectivity index (χ1v) is 7.57. The van der Waals surface area contributed by atoms with Crippen molar-refractivity contribution < 1.29 is 13.2 Å². The van der Waals surface area contributed by atoms with Crippen LogP contribution < -0.4 is 10.2 Å². The van der Waals surface area contributed by atoms with Gasteiger partial charge in [0.05, 0.1) is 5.56 Å². The lowest BCUT2D eigenvalue weighted by atomic mass is 10.0. The van der Waals surface area contributed by atoms with Crippen LogP contribution in [0, 0.1) is 0 Å². The zero-order chi connectivity index (χ0) is 14.9. The normalized spacial score (nSPS) is 23.4. The van der Waals surface area contributed by atoms with Crippen molar-refractivity contribution in [1.82, 2.24) is 10.3 Å². The minimum atomic E-state index is -4.31. The Kier molecular flexibility index (Phi) is 4.06. The molecule has 1 aliphatic carbocycles. The second kappa shape index (κ2) is 5.83. The van der Waals surface area contributed by atoms with Crippen LogP contribution in [0.4, 0.5) is 19.0 Å². The average molecular weight is 299 g/mol. The standard InChI is InChI=1S/C15H20F3N3/c16-15(17,18)11-6-7-19-14(9-11)21-8-2-1-3-13(21)10-20-12-4-5-12/h6-7,9,12-13,20H,1-5,8,10H2. The molecule has 0 bridgehead atoms. The average Bonchev–Trinajstić information content (AvgIpc) is 3.29. The van der Waals surface area contributed by atoms with Crippen LogP contribution in [-0.4, -0.2) is 30.2 Å². The van der Waals surface area contributed by atoms with E-state index in [2.05, 4.69) is 10.3 Å². The number of nitrogens with zero attached hydrogens (tertiary/aromatic N) is 2. The van der Waals surface area contributed by atoms with Gasteiger partial charge in [-0.25, -0.2) is 4.98 Å². The fraction of sp³-hybridized carbons (Fsp3) is 0.667. The third-order valence-corrected chi connectivity index (χ3v) is 4.21. The van der Waals surface area contributed by atoms with E-state index in [-0.39, 0.29) is 6.04 Å². The van der Waals surface area contributed by atoms with E-state index in [1.54, 1.807) is 0 Å². The molecule has 0 radical (unpaired) electrons. The number of pyridine rings is 1. The van der Waals surface area contributed by atoms with Gasteiger partial charge in [-0.15, -0.1) is 0 Å². The maximum absolute atomic E-state index is 12.8. The van der Waals surface area contributed by atoms with E-state index < -0.39 is 11.7 Å². The molecule has 2 heterocycles. The van der Waals surface area contributed by atoms with Gasteiger partial charge in [-0.3, -0.25) is 0 Å². The molecule has 2 aliphatic rings. The highest BCUT2D eigenvalue weighted by atomic mass is 19.4. The molecule has 6 heteroatoms. The summed E-state index contributed by atoms with van der Waals surface area (Å²) in [5.74, 6) is 0.451. The van der Waals surface area contributed by atoms with Gasteiger partial charge in [-0.1, -0.05) is 0 Å². The molecule has 1 saturated heterocycles. The number of anilines is 1. The summed E-state index contributed by atoms with van der Waals surface area (Å²) in [6, 6.07) is 3.07. The summed E-state index contributed by atoms with van der Waals surface area (Å²) >= 11 is 0. The number of hydrogen-bond donors (Lipinski definition) is 1. The topological polar surface area (TPSA) is 28.2 Å². The molecule has 1 N–H and O–H groups in total. The molecule has 0 amide bonds. The summed E-state index contributed by atoms with van der Waals surface area (Å²) in [7, 11) is 0. The first-order valence-electron chi connectivity index (χ1n) is 7.57. The fourth-order valence-electron chi connectivity index (χ4n) is 2.86. The molecule has 1 atom stereocenters. The molecule has 1 aliphatic heterocycles. The van der Waals surface area contributed by atoms with Crippen LogP contribution in [0.15, 0.2) is 18.3 Å². The minimum Gasteiger partial charge on any atom is -0.352 e. The highest BCUT2D eigenvalue weighted by Gasteiger charge is 2.32. The van der Waals surface area contributed by atoms with Crippen molar-refractivity contribution in [3.05, 3.63) is 23.9 Å². The Balaban J connectivity index is 1.75. The SMILES string of the molecule is FC(F)(F)c1ccnc(N2CCCCC2CNC2CC2)c1. The molecule has 2 fully saturated rings. The van der Waals surface area contributed by atoms with Crippen LogP contribution in [0.25, 0.3) is 0 Å². The molecule has 1 aromatic rings. The Hall–Kier alpha value is -1.30. The second-order valence-electron chi connectivity index (χ2n) is 5.93. The number of piperidine rings is 1. The van der Waals surface area contributed by atoms with Crippen molar-refractivity contribution in [3.8, 4) is 0 Å². The van der Waals surface area contributed by atoms with Crippen molar-refractivity contribution in [2.24, 2.45) is 0 Å². The predicted molar refractivity (Wildman–Crippen MR) is 75.2 cm³/mol. The third kappa shape index (κ3) is 3.67. The van der Waals surface area contributed by atoms with Crippen LogP contribution in [0.3, 0.4) is 0 Å². The Morgan fingerprint density at radius 1 is 1.24 bits per heavy atom. The molecular formula is C15H20F3N3. The molecule has 3 rings (SSSR count). The Bertz CT molecular complexity index is 485. The van der Waals surface area contributed by atoms with Crippen LogP contribution in [0.1, 0.15) is 37.7 Å². The predicted octanol–water partition coefficient (Wildman–Crippen LogP) is 3.21. The molecule has 1 unspecified atom stereocenters. The van der Waals surface area contributed by atoms with Crippen molar-refractivity contribution in [2.75, 3.05) is 18.0 Å². The lowest BCUT2D eigenvalue weighted by Gasteiger charge is -2.37. The highest BCUT2D eigenvalue weighted by molar-refractivity contribution is 5.43. The first-order chi connectivity index (χ1) is 10.0. The van der Waals surface area contributed by atoms with E-state index >= 15 is 0 Å². The quantitative estimate of drug-likeness (QED) is 0.925. The van der Waals surface area contributed by atoms with E-state index in [1.165, 1.54) is 25.1 Å². The van der Waals surface area contributed by atoms with Crippen molar-refractivity contribution in [3.63, 3.8) is 0 Å². The van der Waals surface area contributed by atoms with Gasteiger partial charge in [-0.05, 0) is 44.2 Å². The van der Waals surface area contributed by atoms with Crippen molar-refractivity contribution in [1.29, 1.82) is 0 Å². The van der Waals surface area contributed by atoms with Gasteiger partial charge in [0, 0.05) is 31.4 Å². The fourth-order valence-corrected chi connectivity index (χ4v) is 2.86. The van der Waals surface area contributed by atoms with Gasteiger partial charge < -0.3 is 10.2 Å². The van der Waals surface area contributed by atoms with Crippen LogP contribution in [0.5, 0.6) is 0 Å². The zero-order valence-electron chi connectivity index (χ0n) is 11.9. The smallest absolute Gasteiger partial charge is 0.352 e. The maximum Gasteiger partial charge on any atom is 0.416 e. The Morgan fingerprint density at radius 2 is 2.05 bits per heavy atom. The summed E-state index contributed by atoms with van der Waals surface area (Å²) in [5, 5.41) is 3.48. The first kappa shape index (κ1) is 14.6. The molecule has 3 nitrogen and oxygen atoms in total. The van der Waals surface area contributed by atoms with Gasteiger partial charge >= 0.3 is 6.18 Å². The zero-order valence-corrected chi connectivity index (χ0v) is 11.9. The monoisotopic (exact) mass is 299 g/mol. The van der Waals surface area contributed by atoms with Crippen molar-refractivity contribution >= 4 is 5.82 Å². The van der Waals surface area contributed by atoms with Gasteiger partial charge in [0.1, 0.15) is 5.82 Å². The van der Waals surface area contributed by atoms with Crippen LogP contribution in [-0.2, 0) is 6.18 Å². The summed E-state index contributed by atoms with van der Waals surface area (Å²) in [4.78, 5) is 6.20. The number of aromatic nitrogens is 1. The molecular weight excluding hydrogens is 279 g/mol. The van der Waals surface area contributed by atoms with Crippen LogP contribution in [0.2, 0.25) is 0 Å². The number of halogens is 3. The third-order valence-electron chi connectivity index (χ3n) is 4.21. The number of rotatable bonds is 4. The minimum absolute atomic E-state index is 0.246. The van der Waals surface area contributed by atoms with E-state index in [9.17, 15) is 13.2 Å². The Labute approximate surface area is 122 Å². The van der Waals surface area contributed by atoms with Gasteiger partial charge in [0.25, 0.3) is 0 Å². The summed E-state index contributed by atoms with van der Waals surface area (Å²) in [5.41, 5.74) is -0.619. The Morgan fingerprint density at radius 3 is 2.76 bits per heavy atom. The van der Waals surface area contributed by atoms with E-state index in [4.69, 9.17) is 0 Å². The molecule has 0 spiro atoms. The molecule has 0 aromatic carbocycles. The largest absolute Gasteiger partial charge is 0.416 e. The van der Waals surface area contributed by atoms with Gasteiger partial charge in [-0.2, -0.15) is 13.2 Å². The highest BCUT2D eigenvalue weighted by Crippen LogP contribution is 2.32. The second-order valence-corrected chi connectivity index (χ2v) is 5.93. The van der Waals surface area contributed by atoms with Crippen LogP contribution >= 0.6 is 0 Å². The molecule has 116 valence electrons. The molecule has 1 aromatic heterocycles. The maximum atomic E-state index is 12.8. The van der Waals surface area contributed by atoms with E-state index in [1.807, 2.05) is 4.90 Å². The number of hydrogen-bond acceptors (Lipinski definition) is 3. The lowest BCUT2D eigenvalue weighted by Crippen LogP contribution is -2.46.